The van der Waals surface area contributed by atoms with Gasteiger partial charge in [-0.25, -0.2) is 4.98 Å². The summed E-state index contributed by atoms with van der Waals surface area (Å²) in [6.07, 6.45) is 5.78. The Morgan fingerprint density at radius 3 is 2.73 bits per heavy atom. The Kier molecular flexibility index (Phi) is 4.19. The lowest BCUT2D eigenvalue weighted by Crippen LogP contribution is -2.37. The van der Waals surface area contributed by atoms with Crippen LogP contribution in [0.4, 0.5) is 5.13 Å². The van der Waals surface area contributed by atoms with Crippen LogP contribution < -0.4 is 5.32 Å². The van der Waals surface area contributed by atoms with Gasteiger partial charge in [-0.05, 0) is 44.4 Å². The molecule has 1 aliphatic carbocycles. The summed E-state index contributed by atoms with van der Waals surface area (Å²) in [5.41, 5.74) is 1.13. The molecule has 5 heteroatoms. The average Bonchev–Trinajstić information content (AvgIpc) is 2.97. The standard InChI is InChI=1S/C17H27N3OS/c1-11-14(22-16(18-11)19-12-7-8-12)15(21)20-9-5-6-13(20)10-17(2,3)4/h12-13H,5-10H2,1-4H3,(H,18,19)/t13-/m1/s1. The molecule has 1 N–H and O–H groups in total. The van der Waals surface area contributed by atoms with Crippen LogP contribution in [0.5, 0.6) is 0 Å². The number of anilines is 1. The Morgan fingerprint density at radius 2 is 2.09 bits per heavy atom. The first kappa shape index (κ1) is 15.8. The topological polar surface area (TPSA) is 45.2 Å². The second kappa shape index (κ2) is 5.84. The zero-order chi connectivity index (χ0) is 15.9. The van der Waals surface area contributed by atoms with Crippen molar-refractivity contribution in [1.29, 1.82) is 0 Å². The molecule has 3 rings (SSSR count). The van der Waals surface area contributed by atoms with E-state index in [4.69, 9.17) is 0 Å². The predicted molar refractivity (Wildman–Crippen MR) is 91.6 cm³/mol. The molecule has 122 valence electrons. The maximum Gasteiger partial charge on any atom is 0.266 e. The lowest BCUT2D eigenvalue weighted by atomic mass is 9.87. The van der Waals surface area contributed by atoms with E-state index < -0.39 is 0 Å². The maximum absolute atomic E-state index is 12.9. The van der Waals surface area contributed by atoms with Crippen molar-refractivity contribution in [3.8, 4) is 0 Å². The smallest absolute Gasteiger partial charge is 0.266 e. The van der Waals surface area contributed by atoms with Crippen LogP contribution in [-0.4, -0.2) is 34.4 Å². The molecule has 0 unspecified atom stereocenters. The van der Waals surface area contributed by atoms with Gasteiger partial charge < -0.3 is 10.2 Å². The lowest BCUT2D eigenvalue weighted by molar-refractivity contribution is 0.0708. The summed E-state index contributed by atoms with van der Waals surface area (Å²) in [7, 11) is 0. The molecule has 2 heterocycles. The highest BCUT2D eigenvalue weighted by molar-refractivity contribution is 7.17. The van der Waals surface area contributed by atoms with E-state index in [9.17, 15) is 4.79 Å². The molecule has 1 amide bonds. The molecular formula is C17H27N3OS. The van der Waals surface area contributed by atoms with Crippen LogP contribution in [0.15, 0.2) is 0 Å². The zero-order valence-corrected chi connectivity index (χ0v) is 14.9. The Morgan fingerprint density at radius 1 is 1.36 bits per heavy atom. The minimum Gasteiger partial charge on any atom is -0.359 e. The number of carbonyl (C=O) groups excluding carboxylic acids is 1. The van der Waals surface area contributed by atoms with Gasteiger partial charge in [0.1, 0.15) is 4.88 Å². The van der Waals surface area contributed by atoms with Gasteiger partial charge in [0.2, 0.25) is 0 Å². The number of rotatable bonds is 4. The van der Waals surface area contributed by atoms with Crippen LogP contribution in [0.1, 0.15) is 68.2 Å². The first-order chi connectivity index (χ1) is 10.3. The first-order valence-electron chi connectivity index (χ1n) is 8.38. The van der Waals surface area contributed by atoms with Gasteiger partial charge in [0.25, 0.3) is 5.91 Å². The molecule has 0 spiro atoms. The molecule has 22 heavy (non-hydrogen) atoms. The SMILES string of the molecule is Cc1nc(NC2CC2)sc1C(=O)N1CCC[C@@H]1CC(C)(C)C. The predicted octanol–water partition coefficient (Wildman–Crippen LogP) is 4.07. The Bertz CT molecular complexity index is 557. The summed E-state index contributed by atoms with van der Waals surface area (Å²) >= 11 is 1.53. The van der Waals surface area contributed by atoms with E-state index >= 15 is 0 Å². The molecule has 2 fully saturated rings. The highest BCUT2D eigenvalue weighted by atomic mass is 32.1. The number of thiazole rings is 1. The molecule has 1 aromatic rings. The number of carbonyl (C=O) groups is 1. The molecule has 4 nitrogen and oxygen atoms in total. The fourth-order valence-electron chi connectivity index (χ4n) is 3.21. The fraction of sp³-hybridized carbons (Fsp3) is 0.765. The van der Waals surface area contributed by atoms with Gasteiger partial charge in [0.05, 0.1) is 5.69 Å². The lowest BCUT2D eigenvalue weighted by Gasteiger charge is -2.30. The Hall–Kier alpha value is -1.10. The van der Waals surface area contributed by atoms with E-state index in [1.807, 2.05) is 6.92 Å². The number of nitrogens with one attached hydrogen (secondary N) is 1. The first-order valence-corrected chi connectivity index (χ1v) is 9.20. The molecule has 1 atom stereocenters. The summed E-state index contributed by atoms with van der Waals surface area (Å²) in [4.78, 5) is 20.4. The van der Waals surface area contributed by atoms with Crippen LogP contribution in [0.2, 0.25) is 0 Å². The normalized spacial score (nSPS) is 22.2. The number of hydrogen-bond acceptors (Lipinski definition) is 4. The van der Waals surface area contributed by atoms with Crippen molar-refractivity contribution < 1.29 is 4.79 Å². The minimum atomic E-state index is 0.186. The van der Waals surface area contributed by atoms with Crippen molar-refractivity contribution in [2.75, 3.05) is 11.9 Å². The molecule has 0 aromatic carbocycles. The van der Waals surface area contributed by atoms with E-state index in [1.54, 1.807) is 0 Å². The Balaban J connectivity index is 1.73. The summed E-state index contributed by atoms with van der Waals surface area (Å²) in [6.45, 7) is 9.61. The van der Waals surface area contributed by atoms with Gasteiger partial charge in [0, 0.05) is 18.6 Å². The molecule has 1 saturated heterocycles. The summed E-state index contributed by atoms with van der Waals surface area (Å²) in [5.74, 6) is 0.186. The minimum absolute atomic E-state index is 0.186. The third-order valence-corrected chi connectivity index (χ3v) is 5.46. The van der Waals surface area contributed by atoms with Gasteiger partial charge in [-0.15, -0.1) is 0 Å². The van der Waals surface area contributed by atoms with Crippen molar-refractivity contribution >= 4 is 22.4 Å². The molecule has 1 aliphatic heterocycles. The van der Waals surface area contributed by atoms with Crippen molar-refractivity contribution in [2.45, 2.75) is 71.9 Å². The second-order valence-electron chi connectivity index (χ2n) is 7.91. The monoisotopic (exact) mass is 321 g/mol. The van der Waals surface area contributed by atoms with Gasteiger partial charge in [0.15, 0.2) is 5.13 Å². The molecule has 1 saturated carbocycles. The highest BCUT2D eigenvalue weighted by Gasteiger charge is 2.34. The molecular weight excluding hydrogens is 294 g/mol. The van der Waals surface area contributed by atoms with Gasteiger partial charge >= 0.3 is 0 Å². The van der Waals surface area contributed by atoms with E-state index in [0.29, 0.717) is 12.1 Å². The summed E-state index contributed by atoms with van der Waals surface area (Å²) < 4.78 is 0. The van der Waals surface area contributed by atoms with E-state index in [-0.39, 0.29) is 11.3 Å². The number of aromatic nitrogens is 1. The van der Waals surface area contributed by atoms with Crippen molar-refractivity contribution in [1.82, 2.24) is 9.88 Å². The molecule has 0 bridgehead atoms. The van der Waals surface area contributed by atoms with Crippen molar-refractivity contribution in [3.05, 3.63) is 10.6 Å². The zero-order valence-electron chi connectivity index (χ0n) is 14.1. The third-order valence-electron chi connectivity index (χ3n) is 4.38. The van der Waals surface area contributed by atoms with Crippen LogP contribution >= 0.6 is 11.3 Å². The summed E-state index contributed by atoms with van der Waals surface area (Å²) in [6, 6.07) is 0.961. The second-order valence-corrected chi connectivity index (χ2v) is 8.91. The van der Waals surface area contributed by atoms with Crippen LogP contribution in [-0.2, 0) is 0 Å². The van der Waals surface area contributed by atoms with Crippen LogP contribution in [0.25, 0.3) is 0 Å². The van der Waals surface area contributed by atoms with Crippen LogP contribution in [0.3, 0.4) is 0 Å². The van der Waals surface area contributed by atoms with Gasteiger partial charge in [-0.1, -0.05) is 32.1 Å². The van der Waals surface area contributed by atoms with E-state index in [2.05, 4.69) is 36.0 Å². The van der Waals surface area contributed by atoms with Crippen LogP contribution in [0, 0.1) is 12.3 Å². The number of aryl methyl sites for hydroxylation is 1. The largest absolute Gasteiger partial charge is 0.359 e. The number of likely N-dealkylation sites (tertiary alicyclic amines) is 1. The highest BCUT2D eigenvalue weighted by Crippen LogP contribution is 2.34. The molecule has 1 aromatic heterocycles. The Labute approximate surface area is 137 Å². The molecule has 2 aliphatic rings. The molecule has 0 radical (unpaired) electrons. The quantitative estimate of drug-likeness (QED) is 0.909. The summed E-state index contributed by atoms with van der Waals surface area (Å²) in [5, 5.41) is 4.32. The van der Waals surface area contributed by atoms with Crippen molar-refractivity contribution in [2.24, 2.45) is 5.41 Å². The van der Waals surface area contributed by atoms with E-state index in [1.165, 1.54) is 24.2 Å². The fourth-order valence-corrected chi connectivity index (χ4v) is 4.21. The van der Waals surface area contributed by atoms with Gasteiger partial charge in [-0.2, -0.15) is 0 Å². The number of amides is 1. The third kappa shape index (κ3) is 3.62. The van der Waals surface area contributed by atoms with Crippen molar-refractivity contribution in [3.63, 3.8) is 0 Å². The van der Waals surface area contributed by atoms with E-state index in [0.717, 1.165) is 41.5 Å². The van der Waals surface area contributed by atoms with Gasteiger partial charge in [-0.3, -0.25) is 4.79 Å². The number of hydrogen-bond donors (Lipinski definition) is 1. The maximum atomic E-state index is 12.9. The number of nitrogens with zero attached hydrogens (tertiary/aromatic N) is 2. The average molecular weight is 321 g/mol.